The van der Waals surface area contributed by atoms with E-state index in [1.807, 2.05) is 29.2 Å². The third-order valence-corrected chi connectivity index (χ3v) is 5.08. The number of carbonyl (C=O) groups excluding carboxylic acids is 1. The highest BCUT2D eigenvalue weighted by Gasteiger charge is 2.28. The first-order valence-electron chi connectivity index (χ1n) is 8.84. The van der Waals surface area contributed by atoms with Gasteiger partial charge in [0.1, 0.15) is 11.9 Å². The molecule has 120 valence electrons. The molecule has 1 amide bonds. The second kappa shape index (κ2) is 7.17. The van der Waals surface area contributed by atoms with Gasteiger partial charge in [-0.2, -0.15) is 0 Å². The first-order chi connectivity index (χ1) is 10.8. The number of ether oxygens (including phenoxy) is 1. The van der Waals surface area contributed by atoms with Crippen LogP contribution in [-0.4, -0.2) is 18.6 Å². The van der Waals surface area contributed by atoms with E-state index in [1.165, 1.54) is 32.1 Å². The zero-order chi connectivity index (χ0) is 15.4. The molecule has 3 rings (SSSR count). The van der Waals surface area contributed by atoms with Gasteiger partial charge in [0.05, 0.1) is 12.2 Å². The molecule has 1 aliphatic heterocycles. The fourth-order valence-corrected chi connectivity index (χ4v) is 3.69. The Labute approximate surface area is 133 Å². The Morgan fingerprint density at radius 1 is 1.23 bits per heavy atom. The van der Waals surface area contributed by atoms with Crippen molar-refractivity contribution in [2.45, 2.75) is 64.4 Å². The summed E-state index contributed by atoms with van der Waals surface area (Å²) in [6.07, 6.45) is 9.46. The van der Waals surface area contributed by atoms with Crippen LogP contribution in [0, 0.1) is 5.92 Å². The van der Waals surface area contributed by atoms with E-state index in [0.29, 0.717) is 13.0 Å². The Hall–Kier alpha value is -1.51. The van der Waals surface area contributed by atoms with Crippen LogP contribution in [0.1, 0.15) is 58.3 Å². The number of anilines is 1. The van der Waals surface area contributed by atoms with Crippen LogP contribution in [-0.2, 0) is 4.79 Å². The quantitative estimate of drug-likeness (QED) is 0.816. The second-order valence-corrected chi connectivity index (χ2v) is 6.66. The molecule has 0 spiro atoms. The van der Waals surface area contributed by atoms with E-state index in [4.69, 9.17) is 4.74 Å². The molecular weight excluding hydrogens is 274 g/mol. The van der Waals surface area contributed by atoms with Gasteiger partial charge in [-0.25, -0.2) is 0 Å². The minimum absolute atomic E-state index is 0.119. The van der Waals surface area contributed by atoms with Gasteiger partial charge in [-0.1, -0.05) is 51.2 Å². The number of rotatable bonds is 4. The Bertz CT molecular complexity index is 508. The number of carbonyl (C=O) groups is 1. The Balaban J connectivity index is 1.65. The molecule has 1 aromatic rings. The third kappa shape index (κ3) is 3.45. The Morgan fingerprint density at radius 2 is 2.00 bits per heavy atom. The van der Waals surface area contributed by atoms with Crippen LogP contribution in [0.5, 0.6) is 5.75 Å². The number of fused-ring (bicyclic) bond motifs is 1. The van der Waals surface area contributed by atoms with Gasteiger partial charge >= 0.3 is 0 Å². The first kappa shape index (κ1) is 15.4. The number of hydrogen-bond acceptors (Lipinski definition) is 2. The summed E-state index contributed by atoms with van der Waals surface area (Å²) < 4.78 is 5.96. The van der Waals surface area contributed by atoms with Gasteiger partial charge in [-0.15, -0.1) is 0 Å². The lowest BCUT2D eigenvalue weighted by Gasteiger charge is -2.35. The van der Waals surface area contributed by atoms with Crippen molar-refractivity contribution >= 4 is 11.6 Å². The van der Waals surface area contributed by atoms with Crippen LogP contribution < -0.4 is 9.64 Å². The molecule has 2 aliphatic rings. The molecule has 0 saturated heterocycles. The maximum absolute atomic E-state index is 12.7. The summed E-state index contributed by atoms with van der Waals surface area (Å²) in [6.45, 7) is 2.81. The molecule has 1 unspecified atom stereocenters. The molecule has 3 heteroatoms. The van der Waals surface area contributed by atoms with Crippen molar-refractivity contribution in [3.8, 4) is 5.75 Å². The molecule has 1 atom stereocenters. The molecule has 0 radical (unpaired) electrons. The summed E-state index contributed by atoms with van der Waals surface area (Å²) in [5, 5.41) is 0. The summed E-state index contributed by atoms with van der Waals surface area (Å²) in [7, 11) is 0. The van der Waals surface area contributed by atoms with Crippen LogP contribution in [0.4, 0.5) is 5.69 Å². The van der Waals surface area contributed by atoms with Crippen molar-refractivity contribution in [1.82, 2.24) is 0 Å². The van der Waals surface area contributed by atoms with Gasteiger partial charge < -0.3 is 9.64 Å². The number of nitrogens with zero attached hydrogens (tertiary/aromatic N) is 1. The van der Waals surface area contributed by atoms with Crippen LogP contribution in [0.15, 0.2) is 24.3 Å². The average Bonchev–Trinajstić information content (AvgIpc) is 2.59. The number of para-hydroxylation sites is 2. The smallest absolute Gasteiger partial charge is 0.227 e. The molecule has 0 aromatic heterocycles. The molecule has 1 heterocycles. The monoisotopic (exact) mass is 301 g/mol. The van der Waals surface area contributed by atoms with Gasteiger partial charge in [-0.05, 0) is 30.9 Å². The maximum Gasteiger partial charge on any atom is 0.227 e. The number of benzene rings is 1. The topological polar surface area (TPSA) is 29.5 Å². The normalized spacial score (nSPS) is 22.0. The van der Waals surface area contributed by atoms with Crippen molar-refractivity contribution < 1.29 is 9.53 Å². The summed E-state index contributed by atoms with van der Waals surface area (Å²) in [6, 6.07) is 7.93. The molecule has 0 bridgehead atoms. The van der Waals surface area contributed by atoms with Crippen LogP contribution in [0.3, 0.4) is 0 Å². The predicted octanol–water partition coefficient (Wildman–Crippen LogP) is 4.55. The van der Waals surface area contributed by atoms with Crippen LogP contribution in [0.2, 0.25) is 0 Å². The van der Waals surface area contributed by atoms with Crippen molar-refractivity contribution in [3.63, 3.8) is 0 Å². The zero-order valence-corrected chi connectivity index (χ0v) is 13.6. The summed E-state index contributed by atoms with van der Waals surface area (Å²) in [4.78, 5) is 14.7. The molecule has 1 aromatic carbocycles. The highest BCUT2D eigenvalue weighted by atomic mass is 16.5. The maximum atomic E-state index is 12.7. The summed E-state index contributed by atoms with van der Waals surface area (Å²) >= 11 is 0. The summed E-state index contributed by atoms with van der Waals surface area (Å²) in [5.41, 5.74) is 0.945. The highest BCUT2D eigenvalue weighted by Crippen LogP contribution is 2.35. The van der Waals surface area contributed by atoms with E-state index in [-0.39, 0.29) is 12.0 Å². The molecule has 1 aliphatic carbocycles. The average molecular weight is 301 g/mol. The van der Waals surface area contributed by atoms with E-state index in [1.54, 1.807) is 0 Å². The molecule has 1 fully saturated rings. The SMILES string of the molecule is CCC1CN(C(=O)CCC2CCCCC2)c2ccccc2O1. The Kier molecular flexibility index (Phi) is 5.01. The van der Waals surface area contributed by atoms with Gasteiger partial charge in [0.2, 0.25) is 5.91 Å². The largest absolute Gasteiger partial charge is 0.486 e. The van der Waals surface area contributed by atoms with E-state index >= 15 is 0 Å². The molecule has 0 N–H and O–H groups in total. The Morgan fingerprint density at radius 3 is 2.77 bits per heavy atom. The van der Waals surface area contributed by atoms with Gasteiger partial charge in [0.25, 0.3) is 0 Å². The first-order valence-corrected chi connectivity index (χ1v) is 8.84. The second-order valence-electron chi connectivity index (χ2n) is 6.66. The molecule has 22 heavy (non-hydrogen) atoms. The lowest BCUT2D eigenvalue weighted by molar-refractivity contribution is -0.119. The number of amides is 1. The number of hydrogen-bond donors (Lipinski definition) is 0. The van der Waals surface area contributed by atoms with E-state index in [2.05, 4.69) is 6.92 Å². The lowest BCUT2D eigenvalue weighted by Crippen LogP contribution is -2.43. The van der Waals surface area contributed by atoms with E-state index in [0.717, 1.165) is 30.2 Å². The molecule has 3 nitrogen and oxygen atoms in total. The van der Waals surface area contributed by atoms with Crippen molar-refractivity contribution in [2.75, 3.05) is 11.4 Å². The van der Waals surface area contributed by atoms with Gasteiger partial charge in [-0.3, -0.25) is 4.79 Å². The standard InChI is InChI=1S/C19H27NO2/c1-2-16-14-20(17-10-6-7-11-18(17)22-16)19(21)13-12-15-8-4-3-5-9-15/h6-7,10-11,15-16H,2-5,8-9,12-14H2,1H3. The van der Waals surface area contributed by atoms with Crippen molar-refractivity contribution in [3.05, 3.63) is 24.3 Å². The molecule has 1 saturated carbocycles. The predicted molar refractivity (Wildman–Crippen MR) is 89.3 cm³/mol. The lowest BCUT2D eigenvalue weighted by atomic mass is 9.86. The van der Waals surface area contributed by atoms with Gasteiger partial charge in [0, 0.05) is 6.42 Å². The van der Waals surface area contributed by atoms with E-state index in [9.17, 15) is 4.79 Å². The van der Waals surface area contributed by atoms with Crippen LogP contribution in [0.25, 0.3) is 0 Å². The van der Waals surface area contributed by atoms with Crippen molar-refractivity contribution in [2.24, 2.45) is 5.92 Å². The minimum Gasteiger partial charge on any atom is -0.486 e. The minimum atomic E-state index is 0.119. The zero-order valence-electron chi connectivity index (χ0n) is 13.6. The van der Waals surface area contributed by atoms with E-state index < -0.39 is 0 Å². The fraction of sp³-hybridized carbons (Fsp3) is 0.632. The fourth-order valence-electron chi connectivity index (χ4n) is 3.69. The van der Waals surface area contributed by atoms with Crippen molar-refractivity contribution in [1.29, 1.82) is 0 Å². The summed E-state index contributed by atoms with van der Waals surface area (Å²) in [5.74, 6) is 1.88. The third-order valence-electron chi connectivity index (χ3n) is 5.08. The molecular formula is C19H27NO2. The van der Waals surface area contributed by atoms with Crippen LogP contribution >= 0.6 is 0 Å². The van der Waals surface area contributed by atoms with Gasteiger partial charge in [0.15, 0.2) is 0 Å². The highest BCUT2D eigenvalue weighted by molar-refractivity contribution is 5.95.